The number of rotatable bonds is 3. The molecule has 0 unspecified atom stereocenters. The number of aromatic nitrogens is 3. The highest BCUT2D eigenvalue weighted by Crippen LogP contribution is 2.49. The highest BCUT2D eigenvalue weighted by Gasteiger charge is 2.27. The quantitative estimate of drug-likeness (QED) is 0.189. The van der Waals surface area contributed by atoms with Gasteiger partial charge in [0, 0.05) is 38.5 Å². The summed E-state index contributed by atoms with van der Waals surface area (Å²) in [6, 6.07) is 58.6. The van der Waals surface area contributed by atoms with Crippen molar-refractivity contribution in [1.82, 2.24) is 14.1 Å². The van der Waals surface area contributed by atoms with Crippen molar-refractivity contribution in [3.63, 3.8) is 0 Å². The topological polar surface area (TPSA) is 22.8 Å². The molecule has 0 fully saturated rings. The van der Waals surface area contributed by atoms with Crippen molar-refractivity contribution in [2.24, 2.45) is 0 Å². The van der Waals surface area contributed by atoms with Crippen LogP contribution in [-0.4, -0.2) is 14.1 Å². The molecule has 0 aliphatic carbocycles. The molecule has 46 heavy (non-hydrogen) atoms. The van der Waals surface area contributed by atoms with E-state index in [-0.39, 0.29) is 0 Å². The standard InChI is InChI=1S/C43H27N3/c1-4-16-28(17-5-1)43-44-40-41-39(35-26-14-15-27-36(35)45(41)29-18-6-2-7-19-29)37-33-24-12-10-22-31(33)32-23-11-13-25-34(32)38(37)42(40)46(43)30-20-8-3-9-21-30/h1-27H. The summed E-state index contributed by atoms with van der Waals surface area (Å²) in [5.74, 6) is 0.928. The van der Waals surface area contributed by atoms with Gasteiger partial charge in [-0.05, 0) is 51.9 Å². The Morgan fingerprint density at radius 3 is 1.41 bits per heavy atom. The van der Waals surface area contributed by atoms with E-state index in [0.29, 0.717) is 0 Å². The van der Waals surface area contributed by atoms with E-state index in [1.54, 1.807) is 0 Å². The van der Waals surface area contributed by atoms with Gasteiger partial charge >= 0.3 is 0 Å². The molecule has 10 aromatic rings. The first-order valence-corrected chi connectivity index (χ1v) is 15.8. The van der Waals surface area contributed by atoms with Crippen LogP contribution in [0, 0.1) is 0 Å². The first-order chi connectivity index (χ1) is 22.9. The summed E-state index contributed by atoms with van der Waals surface area (Å²) in [5, 5.41) is 9.95. The highest BCUT2D eigenvalue weighted by atomic mass is 15.1. The monoisotopic (exact) mass is 585 g/mol. The summed E-state index contributed by atoms with van der Waals surface area (Å²) in [5.41, 5.74) is 7.70. The molecule has 0 amide bonds. The summed E-state index contributed by atoms with van der Waals surface area (Å²) >= 11 is 0. The van der Waals surface area contributed by atoms with E-state index >= 15 is 0 Å². The number of hydrogen-bond acceptors (Lipinski definition) is 1. The van der Waals surface area contributed by atoms with Gasteiger partial charge in [-0.25, -0.2) is 4.98 Å². The minimum atomic E-state index is 0.928. The molecule has 0 aliphatic rings. The van der Waals surface area contributed by atoms with E-state index in [2.05, 4.69) is 173 Å². The van der Waals surface area contributed by atoms with Gasteiger partial charge in [-0.15, -0.1) is 0 Å². The van der Waals surface area contributed by atoms with Gasteiger partial charge in [-0.3, -0.25) is 4.57 Å². The first-order valence-electron chi connectivity index (χ1n) is 15.8. The molecule has 2 heterocycles. The molecule has 0 radical (unpaired) electrons. The van der Waals surface area contributed by atoms with E-state index in [4.69, 9.17) is 4.98 Å². The lowest BCUT2D eigenvalue weighted by molar-refractivity contribution is 1.11. The third-order valence-corrected chi connectivity index (χ3v) is 9.46. The SMILES string of the molecule is c1ccc(-c2nc3c(c4c5ccccc5c5ccccc5c4c4c5ccccc5n(-c5ccccc5)c34)n2-c2ccccc2)cc1. The van der Waals surface area contributed by atoms with Crippen molar-refractivity contribution in [2.75, 3.05) is 0 Å². The summed E-state index contributed by atoms with van der Waals surface area (Å²) < 4.78 is 4.81. The maximum absolute atomic E-state index is 5.65. The van der Waals surface area contributed by atoms with Crippen LogP contribution in [0.15, 0.2) is 164 Å². The number of fused-ring (bicyclic) bond motifs is 13. The Hall–Kier alpha value is -6.19. The second kappa shape index (κ2) is 9.65. The van der Waals surface area contributed by atoms with E-state index < -0.39 is 0 Å². The average Bonchev–Trinajstić information content (AvgIpc) is 3.70. The Labute approximate surface area is 265 Å². The van der Waals surface area contributed by atoms with Gasteiger partial charge in [0.15, 0.2) is 0 Å². The molecule has 0 bridgehead atoms. The molecule has 0 spiro atoms. The Kier molecular flexibility index (Phi) is 5.28. The lowest BCUT2D eigenvalue weighted by Gasteiger charge is -2.16. The second-order valence-corrected chi connectivity index (χ2v) is 11.9. The molecule has 0 saturated heterocycles. The van der Waals surface area contributed by atoms with Gasteiger partial charge in [0.05, 0.1) is 16.6 Å². The number of nitrogens with zero attached hydrogens (tertiary/aromatic N) is 3. The fraction of sp³-hybridized carbons (Fsp3) is 0. The van der Waals surface area contributed by atoms with Crippen molar-refractivity contribution < 1.29 is 0 Å². The Morgan fingerprint density at radius 1 is 0.348 bits per heavy atom. The number of benzene rings is 8. The number of hydrogen-bond donors (Lipinski definition) is 0. The van der Waals surface area contributed by atoms with Crippen LogP contribution in [0.2, 0.25) is 0 Å². The lowest BCUT2D eigenvalue weighted by Crippen LogP contribution is -1.99. The van der Waals surface area contributed by atoms with E-state index in [0.717, 1.165) is 39.3 Å². The molecular formula is C43H27N3. The molecule has 0 saturated carbocycles. The Bertz CT molecular complexity index is 2770. The Morgan fingerprint density at radius 2 is 0.783 bits per heavy atom. The van der Waals surface area contributed by atoms with Crippen LogP contribution >= 0.6 is 0 Å². The van der Waals surface area contributed by atoms with Crippen LogP contribution in [0.25, 0.3) is 87.9 Å². The molecule has 8 aromatic carbocycles. The number of imidazole rings is 1. The van der Waals surface area contributed by atoms with Gasteiger partial charge in [-0.1, -0.05) is 133 Å². The van der Waals surface area contributed by atoms with Crippen molar-refractivity contribution in [3.05, 3.63) is 164 Å². The first kappa shape index (κ1) is 25.2. The van der Waals surface area contributed by atoms with Crippen LogP contribution < -0.4 is 0 Å². The van der Waals surface area contributed by atoms with Crippen molar-refractivity contribution in [1.29, 1.82) is 0 Å². The minimum absolute atomic E-state index is 0.928. The summed E-state index contributed by atoms with van der Waals surface area (Å²) in [6.45, 7) is 0. The maximum atomic E-state index is 5.65. The van der Waals surface area contributed by atoms with E-state index in [1.165, 1.54) is 48.6 Å². The van der Waals surface area contributed by atoms with Crippen LogP contribution in [0.1, 0.15) is 0 Å². The highest BCUT2D eigenvalue weighted by molar-refractivity contribution is 6.42. The smallest absolute Gasteiger partial charge is 0.145 e. The van der Waals surface area contributed by atoms with Crippen LogP contribution in [-0.2, 0) is 0 Å². The zero-order valence-electron chi connectivity index (χ0n) is 24.9. The summed E-state index contributed by atoms with van der Waals surface area (Å²) in [6.07, 6.45) is 0. The molecule has 3 heteroatoms. The maximum Gasteiger partial charge on any atom is 0.145 e. The zero-order chi connectivity index (χ0) is 30.2. The molecule has 3 nitrogen and oxygen atoms in total. The summed E-state index contributed by atoms with van der Waals surface area (Å²) in [7, 11) is 0. The largest absolute Gasteiger partial charge is 0.307 e. The van der Waals surface area contributed by atoms with Crippen LogP contribution in [0.3, 0.4) is 0 Å². The predicted octanol–water partition coefficient (Wildman–Crippen LogP) is 11.2. The zero-order valence-corrected chi connectivity index (χ0v) is 24.9. The third kappa shape index (κ3) is 3.40. The van der Waals surface area contributed by atoms with Crippen molar-refractivity contribution >= 4 is 65.2 Å². The van der Waals surface area contributed by atoms with Gasteiger partial charge in [0.25, 0.3) is 0 Å². The Balaban J connectivity index is 1.61. The molecule has 0 atom stereocenters. The fourth-order valence-corrected chi connectivity index (χ4v) is 7.63. The minimum Gasteiger partial charge on any atom is -0.307 e. The van der Waals surface area contributed by atoms with Crippen molar-refractivity contribution in [2.45, 2.75) is 0 Å². The van der Waals surface area contributed by atoms with E-state index in [1.807, 2.05) is 0 Å². The molecule has 2 aromatic heterocycles. The van der Waals surface area contributed by atoms with Gasteiger partial charge in [-0.2, -0.15) is 0 Å². The normalized spacial score (nSPS) is 11.9. The van der Waals surface area contributed by atoms with Crippen molar-refractivity contribution in [3.8, 4) is 22.8 Å². The van der Waals surface area contributed by atoms with Gasteiger partial charge in [0.1, 0.15) is 11.3 Å². The number of para-hydroxylation sites is 3. The molecule has 0 N–H and O–H groups in total. The van der Waals surface area contributed by atoms with Gasteiger partial charge in [0.2, 0.25) is 0 Å². The molecule has 214 valence electrons. The predicted molar refractivity (Wildman–Crippen MR) is 193 cm³/mol. The molecule has 0 aliphatic heterocycles. The molecule has 10 rings (SSSR count). The van der Waals surface area contributed by atoms with Crippen LogP contribution in [0.5, 0.6) is 0 Å². The van der Waals surface area contributed by atoms with E-state index in [9.17, 15) is 0 Å². The second-order valence-electron chi connectivity index (χ2n) is 11.9. The van der Waals surface area contributed by atoms with Gasteiger partial charge < -0.3 is 4.57 Å². The average molecular weight is 586 g/mol. The molecular weight excluding hydrogens is 558 g/mol. The van der Waals surface area contributed by atoms with Crippen LogP contribution in [0.4, 0.5) is 0 Å². The lowest BCUT2D eigenvalue weighted by atomic mass is 9.90. The summed E-state index contributed by atoms with van der Waals surface area (Å²) in [4.78, 5) is 5.65. The third-order valence-electron chi connectivity index (χ3n) is 9.46. The fourth-order valence-electron chi connectivity index (χ4n) is 7.63.